The summed E-state index contributed by atoms with van der Waals surface area (Å²) in [5.41, 5.74) is 0.350. The van der Waals surface area contributed by atoms with Gasteiger partial charge in [0, 0.05) is 5.57 Å². The van der Waals surface area contributed by atoms with Gasteiger partial charge >= 0.3 is 5.97 Å². The summed E-state index contributed by atoms with van der Waals surface area (Å²) in [5, 5.41) is 7.42. The van der Waals surface area contributed by atoms with Crippen LogP contribution in [0.1, 0.15) is 20.3 Å². The number of hydrogen-bond donors (Lipinski definition) is 2. The SMILES string of the molecule is C=C(C)C(=O)OCCO.CCC(N(C)C)S(=O)(=O)O. The second-order valence-electron chi connectivity index (χ2n) is 3.98. The molecule has 0 aliphatic heterocycles. The van der Waals surface area contributed by atoms with Crippen LogP contribution < -0.4 is 0 Å². The minimum absolute atomic E-state index is 0.0473. The van der Waals surface area contributed by atoms with Gasteiger partial charge in [-0.15, -0.1) is 0 Å². The molecule has 0 saturated carbocycles. The Kier molecular flexibility index (Phi) is 10.6. The molecule has 8 heteroatoms. The van der Waals surface area contributed by atoms with Gasteiger partial charge in [0.05, 0.1) is 6.61 Å². The molecule has 0 aromatic rings. The second-order valence-corrected chi connectivity index (χ2v) is 5.56. The molecule has 0 heterocycles. The van der Waals surface area contributed by atoms with Gasteiger partial charge in [-0.2, -0.15) is 8.42 Å². The highest BCUT2D eigenvalue weighted by atomic mass is 32.2. The fourth-order valence-electron chi connectivity index (χ4n) is 1.10. The topological polar surface area (TPSA) is 104 Å². The van der Waals surface area contributed by atoms with Gasteiger partial charge in [0.15, 0.2) is 0 Å². The molecule has 1 unspecified atom stereocenters. The minimum atomic E-state index is -3.89. The average molecular weight is 297 g/mol. The molecular formula is C11H23NO6S. The van der Waals surface area contributed by atoms with Crippen molar-refractivity contribution in [2.24, 2.45) is 0 Å². The molecule has 0 aliphatic carbocycles. The number of carbonyl (C=O) groups is 1. The van der Waals surface area contributed by atoms with Crippen molar-refractivity contribution in [3.8, 4) is 0 Å². The number of rotatable bonds is 6. The number of aliphatic hydroxyl groups excluding tert-OH is 1. The van der Waals surface area contributed by atoms with Gasteiger partial charge in [-0.05, 0) is 27.4 Å². The number of nitrogens with zero attached hydrogens (tertiary/aromatic N) is 1. The molecule has 0 spiro atoms. The van der Waals surface area contributed by atoms with Crippen LogP contribution in [0.4, 0.5) is 0 Å². The first kappa shape index (κ1) is 20.4. The van der Waals surface area contributed by atoms with Crippen LogP contribution in [0.15, 0.2) is 12.2 Å². The lowest BCUT2D eigenvalue weighted by molar-refractivity contribution is -0.139. The number of hydrogen-bond acceptors (Lipinski definition) is 6. The van der Waals surface area contributed by atoms with E-state index in [4.69, 9.17) is 9.66 Å². The van der Waals surface area contributed by atoms with Crippen LogP contribution in [-0.2, 0) is 19.6 Å². The smallest absolute Gasteiger partial charge is 0.333 e. The Morgan fingerprint density at radius 2 is 1.89 bits per heavy atom. The zero-order valence-corrected chi connectivity index (χ0v) is 12.6. The van der Waals surface area contributed by atoms with Crippen molar-refractivity contribution in [3.63, 3.8) is 0 Å². The quantitative estimate of drug-likeness (QED) is 0.412. The summed E-state index contributed by atoms with van der Waals surface area (Å²) in [6.07, 6.45) is 0.395. The molecular weight excluding hydrogens is 274 g/mol. The first-order valence-corrected chi connectivity index (χ1v) is 7.14. The fraction of sp³-hybridized carbons (Fsp3) is 0.727. The van der Waals surface area contributed by atoms with E-state index in [0.717, 1.165) is 0 Å². The fourth-order valence-corrected chi connectivity index (χ4v) is 2.06. The van der Waals surface area contributed by atoms with Crippen LogP contribution >= 0.6 is 0 Å². The number of aliphatic hydroxyl groups is 1. The highest BCUT2D eigenvalue weighted by Crippen LogP contribution is 2.05. The lowest BCUT2D eigenvalue weighted by Crippen LogP contribution is -2.34. The molecule has 0 amide bonds. The van der Waals surface area contributed by atoms with E-state index in [0.29, 0.717) is 12.0 Å². The molecule has 0 aromatic heterocycles. The zero-order valence-electron chi connectivity index (χ0n) is 11.8. The Balaban J connectivity index is 0. The van der Waals surface area contributed by atoms with Crippen molar-refractivity contribution in [3.05, 3.63) is 12.2 Å². The van der Waals surface area contributed by atoms with Crippen molar-refractivity contribution >= 4 is 16.1 Å². The normalized spacial score (nSPS) is 12.4. The number of ether oxygens (including phenoxy) is 1. The second kappa shape index (κ2) is 9.90. The van der Waals surface area contributed by atoms with Crippen LogP contribution in [0.25, 0.3) is 0 Å². The Labute approximate surface area is 114 Å². The summed E-state index contributed by atoms with van der Waals surface area (Å²) in [7, 11) is -0.662. The van der Waals surface area contributed by atoms with E-state index < -0.39 is 21.5 Å². The van der Waals surface area contributed by atoms with Gasteiger partial charge in [-0.1, -0.05) is 13.5 Å². The molecule has 0 aromatic carbocycles. The Morgan fingerprint density at radius 3 is 2.05 bits per heavy atom. The van der Waals surface area contributed by atoms with Crippen LogP contribution in [0, 0.1) is 0 Å². The molecule has 0 rings (SSSR count). The van der Waals surface area contributed by atoms with Gasteiger partial charge in [0.25, 0.3) is 10.1 Å². The Morgan fingerprint density at radius 1 is 1.42 bits per heavy atom. The maximum atomic E-state index is 10.5. The summed E-state index contributed by atoms with van der Waals surface area (Å²) in [4.78, 5) is 11.9. The van der Waals surface area contributed by atoms with E-state index in [1.165, 1.54) is 4.90 Å². The number of esters is 1. The van der Waals surface area contributed by atoms with Crippen LogP contribution in [-0.4, -0.2) is 61.6 Å². The minimum Gasteiger partial charge on any atom is -0.460 e. The molecule has 1 atom stereocenters. The zero-order chi connectivity index (χ0) is 15.6. The lowest BCUT2D eigenvalue weighted by atomic mass is 10.4. The van der Waals surface area contributed by atoms with E-state index in [1.807, 2.05) is 0 Å². The average Bonchev–Trinajstić information content (AvgIpc) is 2.24. The molecule has 0 radical (unpaired) electrons. The van der Waals surface area contributed by atoms with Crippen LogP contribution in [0.5, 0.6) is 0 Å². The van der Waals surface area contributed by atoms with Gasteiger partial charge in [-0.25, -0.2) is 4.79 Å². The summed E-state index contributed by atoms with van der Waals surface area (Å²) in [6, 6.07) is 0. The summed E-state index contributed by atoms with van der Waals surface area (Å²) >= 11 is 0. The summed E-state index contributed by atoms with van der Waals surface area (Å²) in [6.45, 7) is 6.52. The number of carbonyl (C=O) groups excluding carboxylic acids is 1. The van der Waals surface area contributed by atoms with Crippen molar-refractivity contribution < 1.29 is 27.6 Å². The first-order valence-electron chi connectivity index (χ1n) is 5.64. The van der Waals surface area contributed by atoms with Gasteiger partial charge in [0.1, 0.15) is 12.0 Å². The molecule has 0 saturated heterocycles. The molecule has 0 aliphatic rings. The monoisotopic (exact) mass is 297 g/mol. The molecule has 0 fully saturated rings. The maximum absolute atomic E-state index is 10.5. The third-order valence-electron chi connectivity index (χ3n) is 1.94. The summed E-state index contributed by atoms with van der Waals surface area (Å²) < 4.78 is 34.1. The van der Waals surface area contributed by atoms with Crippen LogP contribution in [0.3, 0.4) is 0 Å². The Bertz CT molecular complexity index is 377. The summed E-state index contributed by atoms with van der Waals surface area (Å²) in [5.74, 6) is -0.455. The molecule has 2 N–H and O–H groups in total. The predicted molar refractivity (Wildman–Crippen MR) is 72.2 cm³/mol. The molecule has 7 nitrogen and oxygen atoms in total. The van der Waals surface area contributed by atoms with Crippen molar-refractivity contribution in [2.45, 2.75) is 25.6 Å². The van der Waals surface area contributed by atoms with E-state index in [9.17, 15) is 13.2 Å². The van der Waals surface area contributed by atoms with Gasteiger partial charge in [-0.3, -0.25) is 9.45 Å². The van der Waals surface area contributed by atoms with Crippen molar-refractivity contribution in [1.82, 2.24) is 4.90 Å². The molecule has 19 heavy (non-hydrogen) atoms. The third kappa shape index (κ3) is 10.6. The van der Waals surface area contributed by atoms with Crippen molar-refractivity contribution in [1.29, 1.82) is 0 Å². The predicted octanol–water partition coefficient (Wildman–Crippen LogP) is 0.270. The molecule has 0 bridgehead atoms. The highest BCUT2D eigenvalue weighted by Gasteiger charge is 2.22. The van der Waals surface area contributed by atoms with E-state index in [2.05, 4.69) is 11.3 Å². The maximum Gasteiger partial charge on any atom is 0.333 e. The van der Waals surface area contributed by atoms with E-state index in [1.54, 1.807) is 27.9 Å². The largest absolute Gasteiger partial charge is 0.460 e. The van der Waals surface area contributed by atoms with Gasteiger partial charge < -0.3 is 9.84 Å². The van der Waals surface area contributed by atoms with Crippen molar-refractivity contribution in [2.75, 3.05) is 27.3 Å². The lowest BCUT2D eigenvalue weighted by Gasteiger charge is -2.18. The van der Waals surface area contributed by atoms with Gasteiger partial charge in [0.2, 0.25) is 0 Å². The molecule has 114 valence electrons. The third-order valence-corrected chi connectivity index (χ3v) is 3.38. The van der Waals surface area contributed by atoms with E-state index in [-0.39, 0.29) is 13.2 Å². The van der Waals surface area contributed by atoms with Crippen LogP contribution in [0.2, 0.25) is 0 Å². The van der Waals surface area contributed by atoms with E-state index >= 15 is 0 Å². The first-order chi connectivity index (χ1) is 8.57. The Hall–Kier alpha value is -0.960. The standard InChI is InChI=1S/C6H10O3.C5H13NO3S/c1-5(2)6(8)9-4-3-7;1-4-5(6(2)3)10(7,8)9/h7H,1,3-4H2,2H3;5H,4H2,1-3H3,(H,7,8,9). The highest BCUT2D eigenvalue weighted by molar-refractivity contribution is 7.86.